The molecule has 2 aromatic rings. The average Bonchev–Trinajstić information content (AvgIpc) is 3.14. The van der Waals surface area contributed by atoms with Crippen molar-refractivity contribution < 1.29 is 38.5 Å². The molecule has 32 heavy (non-hydrogen) atoms. The second-order valence-electron chi connectivity index (χ2n) is 6.97. The van der Waals surface area contributed by atoms with Crippen LogP contribution in [-0.4, -0.2) is 59.1 Å². The van der Waals surface area contributed by atoms with E-state index in [1.54, 1.807) is 13.1 Å². The van der Waals surface area contributed by atoms with E-state index in [1.165, 1.54) is 6.92 Å². The van der Waals surface area contributed by atoms with E-state index in [4.69, 9.17) is 20.3 Å². The number of rotatable bonds is 11. The van der Waals surface area contributed by atoms with Crippen LogP contribution >= 0.6 is 0 Å². The predicted molar refractivity (Wildman–Crippen MR) is 112 cm³/mol. The van der Waals surface area contributed by atoms with Crippen LogP contribution in [-0.2, 0) is 35.0 Å². The fourth-order valence-electron chi connectivity index (χ4n) is 2.95. The average molecular weight is 449 g/mol. The number of ether oxygens (including phenoxy) is 3. The van der Waals surface area contributed by atoms with Gasteiger partial charge in [0, 0.05) is 36.9 Å². The van der Waals surface area contributed by atoms with E-state index in [1.807, 2.05) is 24.3 Å². The van der Waals surface area contributed by atoms with Crippen molar-refractivity contribution >= 4 is 34.9 Å². The minimum Gasteiger partial charge on any atom is -0.480 e. The number of carboxylic acid groups (broad SMARTS) is 1. The first-order valence-corrected chi connectivity index (χ1v) is 10.1. The van der Waals surface area contributed by atoms with Gasteiger partial charge in [-0.3, -0.25) is 9.59 Å². The fraction of sp³-hybridized carbons (Fsp3) is 0.429. The molecule has 0 fully saturated rings. The van der Waals surface area contributed by atoms with Crippen LogP contribution < -0.4 is 11.1 Å². The van der Waals surface area contributed by atoms with Crippen molar-refractivity contribution in [3.63, 3.8) is 0 Å². The number of esters is 1. The molecule has 0 bridgehead atoms. The summed E-state index contributed by atoms with van der Waals surface area (Å²) < 4.78 is 14.6. The van der Waals surface area contributed by atoms with Crippen LogP contribution in [0.1, 0.15) is 32.3 Å². The summed E-state index contributed by atoms with van der Waals surface area (Å²) >= 11 is 0. The Hall–Kier alpha value is -3.60. The normalized spacial score (nSPS) is 13.6. The first-order chi connectivity index (χ1) is 15.2. The first-order valence-electron chi connectivity index (χ1n) is 10.1. The number of carbonyl (C=O) groups is 4. The van der Waals surface area contributed by atoms with E-state index >= 15 is 0 Å². The molecular formula is C21H27N3O8. The lowest BCUT2D eigenvalue weighted by Crippen LogP contribution is -2.45. The molecule has 1 amide bonds. The first kappa shape index (κ1) is 24.7. The van der Waals surface area contributed by atoms with Gasteiger partial charge in [-0.25, -0.2) is 9.59 Å². The van der Waals surface area contributed by atoms with Gasteiger partial charge in [0.1, 0.15) is 12.1 Å². The molecule has 0 aliphatic rings. The Morgan fingerprint density at radius 3 is 2.59 bits per heavy atom. The number of H-pyrrole nitrogens is 1. The van der Waals surface area contributed by atoms with Crippen LogP contribution in [0.3, 0.4) is 0 Å². The molecule has 0 aliphatic carbocycles. The smallest absolute Gasteiger partial charge is 0.480 e. The largest absolute Gasteiger partial charge is 0.511 e. The molecule has 0 saturated carbocycles. The molecule has 11 nitrogen and oxygen atoms in total. The van der Waals surface area contributed by atoms with Crippen molar-refractivity contribution in [2.75, 3.05) is 6.61 Å². The Morgan fingerprint density at radius 2 is 1.91 bits per heavy atom. The van der Waals surface area contributed by atoms with Gasteiger partial charge >= 0.3 is 18.1 Å². The highest BCUT2D eigenvalue weighted by molar-refractivity contribution is 5.87. The Morgan fingerprint density at radius 1 is 1.19 bits per heavy atom. The summed E-state index contributed by atoms with van der Waals surface area (Å²) in [6.07, 6.45) is -0.725. The molecular weight excluding hydrogens is 422 g/mol. The maximum absolute atomic E-state index is 12.7. The zero-order valence-electron chi connectivity index (χ0n) is 17.8. The van der Waals surface area contributed by atoms with Gasteiger partial charge in [0.25, 0.3) is 0 Å². The number of carbonyl (C=O) groups excluding carboxylic acids is 3. The van der Waals surface area contributed by atoms with Crippen LogP contribution in [0.5, 0.6) is 0 Å². The van der Waals surface area contributed by atoms with Gasteiger partial charge in [-0.1, -0.05) is 18.2 Å². The molecule has 5 N–H and O–H groups in total. The van der Waals surface area contributed by atoms with Crippen molar-refractivity contribution in [1.29, 1.82) is 0 Å². The van der Waals surface area contributed by atoms with Gasteiger partial charge < -0.3 is 35.4 Å². The van der Waals surface area contributed by atoms with Gasteiger partial charge in [-0.15, -0.1) is 0 Å². The number of aromatic amines is 1. The third-order valence-corrected chi connectivity index (χ3v) is 4.52. The molecule has 2 rings (SSSR count). The van der Waals surface area contributed by atoms with E-state index in [2.05, 4.69) is 15.0 Å². The number of nitrogens with one attached hydrogen (secondary N) is 2. The van der Waals surface area contributed by atoms with Gasteiger partial charge in [-0.05, 0) is 25.0 Å². The second-order valence-corrected chi connectivity index (χ2v) is 6.97. The number of carboxylic acids is 1. The predicted octanol–water partition coefficient (Wildman–Crippen LogP) is 1.45. The van der Waals surface area contributed by atoms with Crippen molar-refractivity contribution in [2.24, 2.45) is 5.73 Å². The Balaban J connectivity index is 2.10. The standard InChI is InChI=1S/C21H27N3O8/c1-3-30-21(29)32-12(2)31-20(28)17(24-18(25)9-8-15(22)19(26)27)10-13-11-23-16-7-5-4-6-14(13)16/h4-7,11-12,15,17,23H,3,8-10,22H2,1-2H3,(H,24,25)(H,26,27). The highest BCUT2D eigenvalue weighted by Crippen LogP contribution is 2.20. The molecule has 0 aliphatic heterocycles. The number of aliphatic carboxylic acids is 1. The number of amides is 1. The summed E-state index contributed by atoms with van der Waals surface area (Å²) in [6.45, 7) is 3.03. The van der Waals surface area contributed by atoms with E-state index in [9.17, 15) is 19.2 Å². The monoisotopic (exact) mass is 449 g/mol. The molecule has 0 radical (unpaired) electrons. The van der Waals surface area contributed by atoms with Crippen LogP contribution in [0.4, 0.5) is 4.79 Å². The number of nitrogens with two attached hydrogens (primary N) is 1. The van der Waals surface area contributed by atoms with Gasteiger partial charge in [0.2, 0.25) is 12.2 Å². The molecule has 0 spiro atoms. The van der Waals surface area contributed by atoms with Crippen molar-refractivity contribution in [1.82, 2.24) is 10.3 Å². The van der Waals surface area contributed by atoms with Crippen LogP contribution in [0.2, 0.25) is 0 Å². The summed E-state index contributed by atoms with van der Waals surface area (Å²) in [5.74, 6) is -2.62. The third kappa shape index (κ3) is 7.27. The van der Waals surface area contributed by atoms with Crippen LogP contribution in [0.15, 0.2) is 30.5 Å². The summed E-state index contributed by atoms with van der Waals surface area (Å²) in [5, 5.41) is 12.3. The summed E-state index contributed by atoms with van der Waals surface area (Å²) in [4.78, 5) is 50.4. The van der Waals surface area contributed by atoms with E-state index in [-0.39, 0.29) is 25.9 Å². The molecule has 0 saturated heterocycles. The number of fused-ring (bicyclic) bond motifs is 1. The summed E-state index contributed by atoms with van der Waals surface area (Å²) in [5.41, 5.74) is 7.04. The topological polar surface area (TPSA) is 170 Å². The molecule has 3 unspecified atom stereocenters. The number of hydrogen-bond donors (Lipinski definition) is 4. The van der Waals surface area contributed by atoms with E-state index in [0.29, 0.717) is 0 Å². The SMILES string of the molecule is CCOC(=O)OC(C)OC(=O)C(Cc1c[nH]c2ccccc12)NC(=O)CCC(N)C(=O)O. The van der Waals surface area contributed by atoms with Crippen LogP contribution in [0, 0.1) is 0 Å². The van der Waals surface area contributed by atoms with Crippen molar-refractivity contribution in [2.45, 2.75) is 51.5 Å². The Kier molecular flexibility index (Phi) is 9.02. The fourth-order valence-corrected chi connectivity index (χ4v) is 2.95. The summed E-state index contributed by atoms with van der Waals surface area (Å²) in [6, 6.07) is 5.12. The van der Waals surface area contributed by atoms with E-state index < -0.39 is 42.4 Å². The molecule has 1 heterocycles. The quantitative estimate of drug-likeness (QED) is 0.293. The number of hydrogen-bond acceptors (Lipinski definition) is 8. The lowest BCUT2D eigenvalue weighted by molar-refractivity contribution is -0.171. The minimum atomic E-state index is -1.25. The molecule has 1 aromatic heterocycles. The zero-order chi connectivity index (χ0) is 23.7. The van der Waals surface area contributed by atoms with Crippen molar-refractivity contribution in [3.05, 3.63) is 36.0 Å². The highest BCUT2D eigenvalue weighted by Gasteiger charge is 2.27. The Bertz CT molecular complexity index is 957. The number of benzene rings is 1. The number of aromatic nitrogens is 1. The highest BCUT2D eigenvalue weighted by atomic mass is 16.8. The van der Waals surface area contributed by atoms with Crippen molar-refractivity contribution in [3.8, 4) is 0 Å². The minimum absolute atomic E-state index is 0.0890. The van der Waals surface area contributed by atoms with E-state index in [0.717, 1.165) is 16.5 Å². The van der Waals surface area contributed by atoms with Gasteiger partial charge in [0.05, 0.1) is 6.61 Å². The van der Waals surface area contributed by atoms with Gasteiger partial charge in [-0.2, -0.15) is 0 Å². The van der Waals surface area contributed by atoms with Gasteiger partial charge in [0.15, 0.2) is 0 Å². The second kappa shape index (κ2) is 11.7. The van der Waals surface area contributed by atoms with Crippen LogP contribution in [0.25, 0.3) is 10.9 Å². The Labute approximate surface area is 184 Å². The number of para-hydroxylation sites is 1. The summed E-state index contributed by atoms with van der Waals surface area (Å²) in [7, 11) is 0. The molecule has 1 aromatic carbocycles. The molecule has 3 atom stereocenters. The third-order valence-electron chi connectivity index (χ3n) is 4.52. The molecule has 11 heteroatoms. The maximum atomic E-state index is 12.7. The zero-order valence-corrected chi connectivity index (χ0v) is 17.8. The maximum Gasteiger partial charge on any atom is 0.511 e. The molecule has 174 valence electrons. The lowest BCUT2D eigenvalue weighted by Gasteiger charge is -2.20. The lowest BCUT2D eigenvalue weighted by atomic mass is 10.0.